The van der Waals surface area contributed by atoms with Gasteiger partial charge in [-0.05, 0) is 73.1 Å². The first-order valence-electron chi connectivity index (χ1n) is 16.3. The van der Waals surface area contributed by atoms with Crippen LogP contribution in [0.3, 0.4) is 0 Å². The minimum Gasteiger partial charge on any atom is -0.515 e. The molecule has 8 bridgehead atoms. The number of allylic oxidation sites excluding steroid dienone is 1. The number of H-pyrrole nitrogens is 3. The number of aromatic nitrogens is 3. The molecular weight excluding hydrogens is 608 g/mol. The van der Waals surface area contributed by atoms with Crippen LogP contribution in [0, 0.1) is 31.6 Å². The minimum atomic E-state index is -1.14. The molecule has 2 aliphatic heterocycles. The molecule has 0 amide bonds. The van der Waals surface area contributed by atoms with Gasteiger partial charge in [0.1, 0.15) is 12.5 Å². The largest absolute Gasteiger partial charge is 0.515 e. The van der Waals surface area contributed by atoms with Crippen LogP contribution >= 0.6 is 0 Å². The molecule has 10 heteroatoms. The Morgan fingerprint density at radius 1 is 1.02 bits per heavy atom. The smallest absolute Gasteiger partial charge is 0.320 e. The molecule has 3 aromatic rings. The lowest BCUT2D eigenvalue weighted by Crippen LogP contribution is -2.38. The quantitative estimate of drug-likeness (QED) is 0.143. The Morgan fingerprint density at radius 3 is 2.44 bits per heavy atom. The highest BCUT2D eigenvalue weighted by Crippen LogP contribution is 2.42. The van der Waals surface area contributed by atoms with Gasteiger partial charge in [-0.2, -0.15) is 0 Å². The van der Waals surface area contributed by atoms with Crippen LogP contribution in [0.1, 0.15) is 76.4 Å². The molecule has 48 heavy (non-hydrogen) atoms. The predicted octanol–water partition coefficient (Wildman–Crippen LogP) is 2.67. The maximum Gasteiger partial charge on any atom is 0.320 e. The minimum absolute atomic E-state index is 0.0829. The van der Waals surface area contributed by atoms with Gasteiger partial charge in [0.05, 0.1) is 30.1 Å². The molecule has 6 rings (SSSR count). The highest BCUT2D eigenvalue weighted by atomic mass is 16.5. The second kappa shape index (κ2) is 12.7. The summed E-state index contributed by atoms with van der Waals surface area (Å²) in [6.07, 6.45) is 11.7. The van der Waals surface area contributed by atoms with Crippen LogP contribution in [0.25, 0.3) is 36.1 Å². The molecule has 10 nitrogen and oxygen atoms in total. The molecule has 4 atom stereocenters. The maximum atomic E-state index is 14.2. The van der Waals surface area contributed by atoms with Gasteiger partial charge in [-0.15, -0.1) is 0 Å². The zero-order valence-corrected chi connectivity index (χ0v) is 28.0. The Kier molecular flexibility index (Phi) is 8.68. The highest BCUT2D eigenvalue weighted by molar-refractivity contribution is 6.19. The lowest BCUT2D eigenvalue weighted by Gasteiger charge is -2.25. The number of Topliss-reactive ketones (excluding diaryl/α,β-unsaturated/α-hetero) is 1. The normalized spacial score (nSPS) is 23.8. The summed E-state index contributed by atoms with van der Waals surface area (Å²) in [5.41, 5.74) is 7.97. The van der Waals surface area contributed by atoms with Crippen molar-refractivity contribution in [2.45, 2.75) is 53.0 Å². The van der Waals surface area contributed by atoms with E-state index in [1.807, 2.05) is 39.0 Å². The van der Waals surface area contributed by atoms with Gasteiger partial charge in [-0.3, -0.25) is 14.4 Å². The van der Waals surface area contributed by atoms with Crippen molar-refractivity contribution < 1.29 is 29.0 Å². The number of methoxy groups -OCH3 is 1. The molecule has 1 aliphatic carbocycles. The summed E-state index contributed by atoms with van der Waals surface area (Å²) in [7, 11) is 1.29. The zero-order valence-electron chi connectivity index (χ0n) is 28.0. The van der Waals surface area contributed by atoms with Gasteiger partial charge in [0, 0.05) is 56.8 Å². The molecule has 1 saturated heterocycles. The number of fused-ring (bicyclic) bond motifs is 8. The van der Waals surface area contributed by atoms with Crippen molar-refractivity contribution in [2.75, 3.05) is 13.7 Å². The molecule has 5 heterocycles. The number of aromatic amines is 3. The Labute approximate surface area is 278 Å². The van der Waals surface area contributed by atoms with E-state index in [0.29, 0.717) is 45.5 Å². The Hall–Kier alpha value is -5.25. The second-order valence-electron chi connectivity index (χ2n) is 12.7. The summed E-state index contributed by atoms with van der Waals surface area (Å²) < 4.78 is 10.5. The molecule has 0 aromatic carbocycles. The van der Waals surface area contributed by atoms with Crippen molar-refractivity contribution in [3.8, 4) is 0 Å². The number of esters is 2. The van der Waals surface area contributed by atoms with Crippen LogP contribution < -0.4 is 26.6 Å². The van der Waals surface area contributed by atoms with Crippen LogP contribution in [-0.4, -0.2) is 57.5 Å². The number of rotatable bonds is 8. The Morgan fingerprint density at radius 2 is 1.77 bits per heavy atom. The van der Waals surface area contributed by atoms with E-state index in [1.54, 1.807) is 0 Å². The van der Waals surface area contributed by atoms with E-state index in [-0.39, 0.29) is 36.6 Å². The number of hydrogen-bond acceptors (Lipinski definition) is 7. The van der Waals surface area contributed by atoms with Gasteiger partial charge in [0.2, 0.25) is 0 Å². The fraction of sp³-hybridized carbons (Fsp3) is 0.342. The zero-order chi connectivity index (χ0) is 34.4. The number of aliphatic hydroxyl groups excluding tert-OH is 1. The van der Waals surface area contributed by atoms with Gasteiger partial charge >= 0.3 is 11.9 Å². The van der Waals surface area contributed by atoms with E-state index in [1.165, 1.54) is 13.2 Å². The topological polar surface area (TPSA) is 149 Å². The van der Waals surface area contributed by atoms with Crippen LogP contribution in [0.5, 0.6) is 0 Å². The van der Waals surface area contributed by atoms with Crippen molar-refractivity contribution in [3.05, 3.63) is 91.1 Å². The van der Waals surface area contributed by atoms with Crippen LogP contribution in [-0.2, 0) is 25.5 Å². The Bertz CT molecular complexity index is 2160. The number of ether oxygens (including phenoxy) is 2. The van der Waals surface area contributed by atoms with E-state index in [4.69, 9.17) is 9.47 Å². The van der Waals surface area contributed by atoms with E-state index < -0.39 is 17.9 Å². The molecule has 3 aliphatic rings. The lowest BCUT2D eigenvalue weighted by atomic mass is 9.80. The second-order valence-corrected chi connectivity index (χ2v) is 12.7. The van der Waals surface area contributed by atoms with Crippen molar-refractivity contribution in [3.63, 3.8) is 0 Å². The van der Waals surface area contributed by atoms with Gasteiger partial charge in [-0.1, -0.05) is 39.2 Å². The lowest BCUT2D eigenvalue weighted by molar-refractivity contribution is -0.143. The number of ketones is 1. The highest BCUT2D eigenvalue weighted by Gasteiger charge is 2.49. The molecular formula is C38H42N4O6. The van der Waals surface area contributed by atoms with E-state index >= 15 is 0 Å². The summed E-state index contributed by atoms with van der Waals surface area (Å²) in [6.45, 7) is 15.8. The van der Waals surface area contributed by atoms with Crippen LogP contribution in [0.2, 0.25) is 0 Å². The first-order valence-corrected chi connectivity index (χ1v) is 16.3. The van der Waals surface area contributed by atoms with Gasteiger partial charge in [-0.25, -0.2) is 0 Å². The number of carbonyl (C=O) groups excluding carboxylic acids is 3. The summed E-state index contributed by atoms with van der Waals surface area (Å²) in [5, 5.41) is 16.8. The summed E-state index contributed by atoms with van der Waals surface area (Å²) >= 11 is 0. The third-order valence-corrected chi connectivity index (χ3v) is 10.2. The third kappa shape index (κ3) is 5.16. The molecule has 0 saturated carbocycles. The summed E-state index contributed by atoms with van der Waals surface area (Å²) in [6, 6.07) is -0.467. The SMILES string of the molecule is C=CCOC(=O)CC[C@@H]1C2N/C(=C\c3[nH]c(c(C=C)c3C)/C=c3\[nH]c(c(CC)\c3=C\O)/C=c3\[nH]c4c(c3C)C(=O)[C@H](C(=O)OC)C=42)[C@H]1C. The molecule has 0 spiro atoms. The van der Waals surface area contributed by atoms with Gasteiger partial charge in [0.15, 0.2) is 5.78 Å². The average molecular weight is 651 g/mol. The first-order chi connectivity index (χ1) is 23.1. The van der Waals surface area contributed by atoms with Crippen LogP contribution in [0.4, 0.5) is 0 Å². The molecule has 250 valence electrons. The van der Waals surface area contributed by atoms with Gasteiger partial charge < -0.3 is 34.8 Å². The third-order valence-electron chi connectivity index (χ3n) is 10.2. The summed E-state index contributed by atoms with van der Waals surface area (Å²) in [4.78, 5) is 50.8. The van der Waals surface area contributed by atoms with Crippen molar-refractivity contribution in [1.82, 2.24) is 20.3 Å². The number of aliphatic hydroxyl groups is 1. The average Bonchev–Trinajstić information content (AvgIpc) is 3.82. The number of carbonyl (C=O) groups is 3. The van der Waals surface area contributed by atoms with Crippen LogP contribution in [0.15, 0.2) is 24.9 Å². The maximum absolute atomic E-state index is 14.2. The molecule has 3 aromatic heterocycles. The first kappa shape index (κ1) is 32.7. The molecule has 0 radical (unpaired) electrons. The van der Waals surface area contributed by atoms with E-state index in [9.17, 15) is 19.5 Å². The van der Waals surface area contributed by atoms with Gasteiger partial charge in [0.25, 0.3) is 0 Å². The number of hydrogen-bond donors (Lipinski definition) is 5. The number of nitrogens with one attached hydrogen (secondary N) is 4. The van der Waals surface area contributed by atoms with E-state index in [2.05, 4.69) is 46.4 Å². The van der Waals surface area contributed by atoms with E-state index in [0.717, 1.165) is 51.1 Å². The van der Waals surface area contributed by atoms with Crippen molar-refractivity contribution in [1.29, 1.82) is 0 Å². The molecule has 5 N–H and O–H groups in total. The fourth-order valence-electron chi connectivity index (χ4n) is 7.72. The van der Waals surface area contributed by atoms with Crippen molar-refractivity contribution >= 4 is 53.9 Å². The molecule has 1 unspecified atom stereocenters. The van der Waals surface area contributed by atoms with Crippen molar-refractivity contribution in [2.24, 2.45) is 17.8 Å². The Balaban J connectivity index is 1.68. The molecule has 1 fully saturated rings. The predicted molar refractivity (Wildman–Crippen MR) is 185 cm³/mol. The standard InChI is InChI=1S/C38H42N4O6/c1-8-13-48-31(44)12-11-23-19(5)26-14-25-18(4)21(9-2)28(39-25)16-30-24(17-43)22(10-3)29(40-30)15-27-20(6)32-36(42-27)33(35(23)41-26)34(37(32)45)38(46)47-7/h8-9,14-17,19,23,34-35,39-43H,1-2,10-13H2,3-7H3/b24-17-,26-14-,27-15-,30-16-/t19-,23-,34+,35?/m0/s1. The fourth-order valence-corrected chi connectivity index (χ4v) is 7.72. The summed E-state index contributed by atoms with van der Waals surface area (Å²) in [5.74, 6) is -2.67. The monoisotopic (exact) mass is 650 g/mol.